The Labute approximate surface area is 175 Å². The summed E-state index contributed by atoms with van der Waals surface area (Å²) in [6, 6.07) is 2.46. The lowest BCUT2D eigenvalue weighted by atomic mass is 10.1. The second kappa shape index (κ2) is 8.85. The number of hydrogen-bond donors (Lipinski definition) is 4. The van der Waals surface area contributed by atoms with E-state index in [1.54, 1.807) is 13.0 Å². The van der Waals surface area contributed by atoms with Crippen LogP contribution in [0, 0.1) is 6.92 Å². The Morgan fingerprint density at radius 2 is 1.97 bits per heavy atom. The minimum atomic E-state index is -2.77. The highest BCUT2D eigenvalue weighted by atomic mass is 19.3. The summed E-state index contributed by atoms with van der Waals surface area (Å²) in [4.78, 5) is 27.5. The smallest absolute Gasteiger partial charge is 0.333 e. The Morgan fingerprint density at radius 3 is 2.58 bits per heavy atom. The molecule has 2 amide bonds. The van der Waals surface area contributed by atoms with Crippen molar-refractivity contribution in [1.82, 2.24) is 25.0 Å². The molecule has 0 fully saturated rings. The highest BCUT2D eigenvalue weighted by Crippen LogP contribution is 2.27. The number of primary amides is 2. The number of nitrogens with one attached hydrogen (secondary N) is 2. The number of halogens is 2. The highest BCUT2D eigenvalue weighted by molar-refractivity contribution is 5.96. The number of aryl methyl sites for hydroxylation is 1. The SMILES string of the molecule is CCC[C@@H](Nc1nnc(C(N)=O)c(Nc2cc(C)c3cn(C(F)F)nc3c2)n1)C(N)=O. The number of nitrogens with two attached hydrogens (primary N) is 2. The Balaban J connectivity index is 1.97. The van der Waals surface area contributed by atoms with Crippen LogP contribution in [0.2, 0.25) is 0 Å². The molecule has 2 aromatic heterocycles. The van der Waals surface area contributed by atoms with Crippen LogP contribution in [-0.2, 0) is 4.79 Å². The van der Waals surface area contributed by atoms with Crippen LogP contribution in [0.4, 0.5) is 26.2 Å². The van der Waals surface area contributed by atoms with E-state index in [4.69, 9.17) is 11.5 Å². The molecule has 0 unspecified atom stereocenters. The zero-order chi connectivity index (χ0) is 22.7. The van der Waals surface area contributed by atoms with Gasteiger partial charge in [-0.05, 0) is 31.0 Å². The highest BCUT2D eigenvalue weighted by Gasteiger charge is 2.20. The number of aromatic nitrogens is 5. The van der Waals surface area contributed by atoms with Crippen molar-refractivity contribution in [3.8, 4) is 0 Å². The summed E-state index contributed by atoms with van der Waals surface area (Å²) in [5.41, 5.74) is 11.9. The molecule has 0 aliphatic carbocycles. The zero-order valence-corrected chi connectivity index (χ0v) is 16.8. The van der Waals surface area contributed by atoms with Crippen molar-refractivity contribution in [1.29, 1.82) is 0 Å². The number of rotatable bonds is 9. The van der Waals surface area contributed by atoms with Crippen LogP contribution in [-0.4, -0.2) is 42.8 Å². The molecule has 1 aromatic carbocycles. The lowest BCUT2D eigenvalue weighted by Crippen LogP contribution is -2.36. The summed E-state index contributed by atoms with van der Waals surface area (Å²) in [6.07, 6.45) is 2.38. The topological polar surface area (TPSA) is 167 Å². The normalized spacial score (nSPS) is 12.2. The molecule has 0 saturated carbocycles. The lowest BCUT2D eigenvalue weighted by molar-refractivity contribution is -0.118. The molecule has 0 spiro atoms. The fourth-order valence-electron chi connectivity index (χ4n) is 3.00. The first-order chi connectivity index (χ1) is 14.7. The first-order valence-electron chi connectivity index (χ1n) is 9.34. The summed E-state index contributed by atoms with van der Waals surface area (Å²) in [5, 5.41) is 17.6. The van der Waals surface area contributed by atoms with Gasteiger partial charge in [-0.15, -0.1) is 10.2 Å². The average molecular weight is 433 g/mol. The molecule has 3 aromatic rings. The van der Waals surface area contributed by atoms with Gasteiger partial charge in [-0.3, -0.25) is 9.59 Å². The third-order valence-electron chi connectivity index (χ3n) is 4.46. The maximum absolute atomic E-state index is 13.0. The number of carbonyl (C=O) groups excluding carboxylic acids is 2. The van der Waals surface area contributed by atoms with Crippen LogP contribution in [0.3, 0.4) is 0 Å². The molecule has 11 nitrogen and oxygen atoms in total. The molecule has 0 radical (unpaired) electrons. The molecule has 0 bridgehead atoms. The van der Waals surface area contributed by atoms with E-state index in [0.29, 0.717) is 39.7 Å². The minimum Gasteiger partial charge on any atom is -0.368 e. The molecule has 164 valence electrons. The van der Waals surface area contributed by atoms with E-state index in [2.05, 4.69) is 30.9 Å². The second-order valence-electron chi connectivity index (χ2n) is 6.82. The van der Waals surface area contributed by atoms with Crippen molar-refractivity contribution in [2.24, 2.45) is 11.5 Å². The van der Waals surface area contributed by atoms with Gasteiger partial charge < -0.3 is 22.1 Å². The van der Waals surface area contributed by atoms with Gasteiger partial charge in [0, 0.05) is 17.3 Å². The average Bonchev–Trinajstić information content (AvgIpc) is 3.12. The van der Waals surface area contributed by atoms with Crippen molar-refractivity contribution in [2.75, 3.05) is 10.6 Å². The number of carbonyl (C=O) groups is 2. The molecule has 1 atom stereocenters. The second-order valence-corrected chi connectivity index (χ2v) is 6.82. The van der Waals surface area contributed by atoms with E-state index < -0.39 is 24.4 Å². The quantitative estimate of drug-likeness (QED) is 0.396. The van der Waals surface area contributed by atoms with E-state index in [-0.39, 0.29) is 17.5 Å². The van der Waals surface area contributed by atoms with E-state index in [1.165, 1.54) is 12.3 Å². The molecule has 0 saturated heterocycles. The van der Waals surface area contributed by atoms with Crippen molar-refractivity contribution >= 4 is 40.2 Å². The molecule has 13 heteroatoms. The summed E-state index contributed by atoms with van der Waals surface area (Å²) < 4.78 is 26.5. The summed E-state index contributed by atoms with van der Waals surface area (Å²) in [7, 11) is 0. The van der Waals surface area contributed by atoms with Crippen LogP contribution in [0.5, 0.6) is 0 Å². The van der Waals surface area contributed by atoms with Gasteiger partial charge in [0.25, 0.3) is 5.91 Å². The van der Waals surface area contributed by atoms with Gasteiger partial charge in [0.1, 0.15) is 6.04 Å². The van der Waals surface area contributed by atoms with Crippen molar-refractivity contribution < 1.29 is 18.4 Å². The zero-order valence-electron chi connectivity index (χ0n) is 16.8. The molecule has 0 aliphatic rings. The van der Waals surface area contributed by atoms with Gasteiger partial charge in [-0.25, -0.2) is 4.68 Å². The van der Waals surface area contributed by atoms with Crippen molar-refractivity contribution in [3.63, 3.8) is 0 Å². The maximum atomic E-state index is 13.0. The first-order valence-corrected chi connectivity index (χ1v) is 9.34. The lowest BCUT2D eigenvalue weighted by Gasteiger charge is -2.15. The predicted molar refractivity (Wildman–Crippen MR) is 109 cm³/mol. The van der Waals surface area contributed by atoms with Crippen LogP contribution < -0.4 is 22.1 Å². The molecular weight excluding hydrogens is 412 g/mol. The van der Waals surface area contributed by atoms with Crippen LogP contribution >= 0.6 is 0 Å². The molecular formula is C18H21F2N9O2. The Kier molecular flexibility index (Phi) is 6.22. The van der Waals surface area contributed by atoms with Crippen LogP contribution in [0.1, 0.15) is 42.4 Å². The fraction of sp³-hybridized carbons (Fsp3) is 0.333. The largest absolute Gasteiger partial charge is 0.368 e. The third-order valence-corrected chi connectivity index (χ3v) is 4.46. The summed E-state index contributed by atoms with van der Waals surface area (Å²) in [5.74, 6) is -1.54. The van der Waals surface area contributed by atoms with Gasteiger partial charge in [0.2, 0.25) is 11.9 Å². The maximum Gasteiger partial charge on any atom is 0.333 e. The molecule has 31 heavy (non-hydrogen) atoms. The molecule has 6 N–H and O–H groups in total. The number of benzene rings is 1. The summed E-state index contributed by atoms with van der Waals surface area (Å²) >= 11 is 0. The van der Waals surface area contributed by atoms with Gasteiger partial charge in [0.15, 0.2) is 11.5 Å². The van der Waals surface area contributed by atoms with E-state index in [9.17, 15) is 18.4 Å². The van der Waals surface area contributed by atoms with Crippen LogP contribution in [0.15, 0.2) is 18.3 Å². The first kappa shape index (κ1) is 21.8. The minimum absolute atomic E-state index is 0.0308. The third kappa shape index (κ3) is 4.82. The van der Waals surface area contributed by atoms with Crippen LogP contribution in [0.25, 0.3) is 10.9 Å². The number of fused-ring (bicyclic) bond motifs is 1. The Bertz CT molecular complexity index is 1130. The summed E-state index contributed by atoms with van der Waals surface area (Å²) in [6.45, 7) is 0.840. The molecule has 0 aliphatic heterocycles. The predicted octanol–water partition coefficient (Wildman–Crippen LogP) is 1.83. The molecule has 3 rings (SSSR count). The number of nitrogens with zero attached hydrogens (tertiary/aromatic N) is 5. The number of alkyl halides is 2. The number of hydrogen-bond acceptors (Lipinski definition) is 8. The molecule has 2 heterocycles. The number of amides is 2. The van der Waals surface area contributed by atoms with Crippen molar-refractivity contribution in [2.45, 2.75) is 39.3 Å². The standard InChI is InChI=1S/C18H21F2N9O2/c1-3-4-11(14(21)30)24-18-25-16(13(15(22)31)26-27-18)23-9-5-8(2)10-7-29(17(19)20)28-12(10)6-9/h5-7,11,17H,3-4H2,1-2H3,(H2,21,30)(H2,22,31)(H2,23,24,25,27)/t11-/m1/s1. The number of anilines is 3. The van der Waals surface area contributed by atoms with Crippen molar-refractivity contribution in [3.05, 3.63) is 29.6 Å². The fourth-order valence-corrected chi connectivity index (χ4v) is 3.00. The van der Waals surface area contributed by atoms with Gasteiger partial charge >= 0.3 is 6.55 Å². The van der Waals surface area contributed by atoms with Gasteiger partial charge in [-0.2, -0.15) is 18.9 Å². The van der Waals surface area contributed by atoms with E-state index in [0.717, 1.165) is 0 Å². The Morgan fingerprint density at radius 1 is 1.23 bits per heavy atom. The Hall–Kier alpha value is -3.90. The van der Waals surface area contributed by atoms with E-state index >= 15 is 0 Å². The van der Waals surface area contributed by atoms with E-state index in [1.807, 2.05) is 6.92 Å². The van der Waals surface area contributed by atoms with Gasteiger partial charge in [0.05, 0.1) is 5.52 Å². The van der Waals surface area contributed by atoms with Gasteiger partial charge in [-0.1, -0.05) is 13.3 Å². The monoisotopic (exact) mass is 433 g/mol.